The largest absolute Gasteiger partial charge is 0.481 e. The van der Waals surface area contributed by atoms with E-state index in [1.807, 2.05) is 0 Å². The highest BCUT2D eigenvalue weighted by atomic mass is 35.5. The molecule has 172 valence electrons. The zero-order chi connectivity index (χ0) is 23.7. The molecule has 1 unspecified atom stereocenters. The molecule has 2 aromatic rings. The second-order valence-corrected chi connectivity index (χ2v) is 8.47. The van der Waals surface area contributed by atoms with Crippen LogP contribution in [0.25, 0.3) is 0 Å². The summed E-state index contributed by atoms with van der Waals surface area (Å²) in [7, 11) is 0. The SMILES string of the molecule is CC(Oc1ccc(Cl)cc1)C(=O)Nc1ccc(CNC(=O)CNC(=O)OC(C)(C)C)cc1. The van der Waals surface area contributed by atoms with Gasteiger partial charge in [-0.3, -0.25) is 9.59 Å². The predicted molar refractivity (Wildman–Crippen MR) is 123 cm³/mol. The molecule has 9 heteroatoms. The Morgan fingerprint density at radius 2 is 1.59 bits per heavy atom. The van der Waals surface area contributed by atoms with Crippen molar-refractivity contribution >= 4 is 35.2 Å². The smallest absolute Gasteiger partial charge is 0.408 e. The van der Waals surface area contributed by atoms with Gasteiger partial charge in [0.25, 0.3) is 5.91 Å². The lowest BCUT2D eigenvalue weighted by molar-refractivity contribution is -0.122. The van der Waals surface area contributed by atoms with E-state index in [1.165, 1.54) is 0 Å². The Bertz CT molecular complexity index is 924. The van der Waals surface area contributed by atoms with Gasteiger partial charge in [0.2, 0.25) is 5.91 Å². The number of carbonyl (C=O) groups excluding carboxylic acids is 3. The minimum absolute atomic E-state index is 0.186. The van der Waals surface area contributed by atoms with E-state index in [4.69, 9.17) is 21.1 Å². The van der Waals surface area contributed by atoms with Gasteiger partial charge in [-0.05, 0) is 69.7 Å². The molecule has 8 nitrogen and oxygen atoms in total. The summed E-state index contributed by atoms with van der Waals surface area (Å²) in [6.45, 7) is 6.97. The van der Waals surface area contributed by atoms with Crippen LogP contribution < -0.4 is 20.7 Å². The van der Waals surface area contributed by atoms with Crippen molar-refractivity contribution in [2.75, 3.05) is 11.9 Å². The Kier molecular flexibility index (Phi) is 8.90. The van der Waals surface area contributed by atoms with E-state index in [-0.39, 0.29) is 24.9 Å². The van der Waals surface area contributed by atoms with E-state index >= 15 is 0 Å². The number of ether oxygens (including phenoxy) is 2. The van der Waals surface area contributed by atoms with Crippen LogP contribution in [0, 0.1) is 0 Å². The molecule has 0 saturated heterocycles. The minimum atomic E-state index is -0.701. The third kappa shape index (κ3) is 9.26. The zero-order valence-corrected chi connectivity index (χ0v) is 19.3. The number of amides is 3. The number of benzene rings is 2. The summed E-state index contributed by atoms with van der Waals surface area (Å²) in [4.78, 5) is 35.8. The Morgan fingerprint density at radius 1 is 0.969 bits per heavy atom. The topological polar surface area (TPSA) is 106 Å². The first kappa shape index (κ1) is 25.0. The summed E-state index contributed by atoms with van der Waals surface area (Å²) in [5.41, 5.74) is 0.805. The Morgan fingerprint density at radius 3 is 2.19 bits per heavy atom. The van der Waals surface area contributed by atoms with Gasteiger partial charge in [0.15, 0.2) is 6.10 Å². The molecule has 2 aromatic carbocycles. The van der Waals surface area contributed by atoms with Crippen LogP contribution in [0.5, 0.6) is 5.75 Å². The van der Waals surface area contributed by atoms with Gasteiger partial charge in [0.1, 0.15) is 17.9 Å². The Balaban J connectivity index is 1.75. The van der Waals surface area contributed by atoms with E-state index in [9.17, 15) is 14.4 Å². The molecule has 0 spiro atoms. The van der Waals surface area contributed by atoms with Crippen molar-refractivity contribution in [2.24, 2.45) is 0 Å². The number of alkyl carbamates (subject to hydrolysis) is 1. The van der Waals surface area contributed by atoms with Gasteiger partial charge in [0, 0.05) is 17.3 Å². The lowest BCUT2D eigenvalue weighted by atomic mass is 10.2. The number of rotatable bonds is 8. The van der Waals surface area contributed by atoms with E-state index in [1.54, 1.807) is 76.2 Å². The Labute approximate surface area is 192 Å². The van der Waals surface area contributed by atoms with Crippen molar-refractivity contribution in [2.45, 2.75) is 45.9 Å². The number of nitrogens with one attached hydrogen (secondary N) is 3. The lowest BCUT2D eigenvalue weighted by Crippen LogP contribution is -2.39. The molecule has 3 amide bonds. The molecule has 32 heavy (non-hydrogen) atoms. The molecule has 0 aromatic heterocycles. The van der Waals surface area contributed by atoms with Gasteiger partial charge in [-0.25, -0.2) is 4.79 Å². The van der Waals surface area contributed by atoms with Crippen molar-refractivity contribution < 1.29 is 23.9 Å². The number of halogens is 1. The van der Waals surface area contributed by atoms with Gasteiger partial charge in [-0.15, -0.1) is 0 Å². The fourth-order valence-electron chi connectivity index (χ4n) is 2.45. The second kappa shape index (κ2) is 11.4. The molecule has 2 rings (SSSR count). The Hall–Kier alpha value is -3.26. The third-order valence-corrected chi connectivity index (χ3v) is 4.25. The molecule has 3 N–H and O–H groups in total. The molecule has 0 bridgehead atoms. The van der Waals surface area contributed by atoms with Gasteiger partial charge in [-0.1, -0.05) is 23.7 Å². The van der Waals surface area contributed by atoms with Crippen molar-refractivity contribution in [3.8, 4) is 5.75 Å². The summed E-state index contributed by atoms with van der Waals surface area (Å²) >= 11 is 5.84. The second-order valence-electron chi connectivity index (χ2n) is 8.03. The maximum Gasteiger partial charge on any atom is 0.408 e. The average molecular weight is 462 g/mol. The van der Waals surface area contributed by atoms with Gasteiger partial charge >= 0.3 is 6.09 Å². The van der Waals surface area contributed by atoms with Crippen LogP contribution in [0.1, 0.15) is 33.3 Å². The van der Waals surface area contributed by atoms with Crippen molar-refractivity contribution in [3.63, 3.8) is 0 Å². The van der Waals surface area contributed by atoms with E-state index in [0.717, 1.165) is 5.56 Å². The quantitative estimate of drug-likeness (QED) is 0.553. The molecule has 0 aliphatic rings. The number of carbonyl (C=O) groups is 3. The number of hydrogen-bond donors (Lipinski definition) is 3. The molecule has 0 heterocycles. The highest BCUT2D eigenvalue weighted by Crippen LogP contribution is 2.17. The fourth-order valence-corrected chi connectivity index (χ4v) is 2.58. The highest BCUT2D eigenvalue weighted by molar-refractivity contribution is 6.30. The molecule has 0 fully saturated rings. The summed E-state index contributed by atoms with van der Waals surface area (Å²) in [5, 5.41) is 8.46. The molecule has 0 aliphatic heterocycles. The summed E-state index contributed by atoms with van der Waals surface area (Å²) < 4.78 is 10.7. The monoisotopic (exact) mass is 461 g/mol. The van der Waals surface area contributed by atoms with Crippen LogP contribution in [0.4, 0.5) is 10.5 Å². The van der Waals surface area contributed by atoms with Crippen molar-refractivity contribution in [1.29, 1.82) is 0 Å². The normalized spacial score (nSPS) is 11.8. The number of hydrogen-bond acceptors (Lipinski definition) is 5. The van der Waals surface area contributed by atoms with Crippen LogP contribution >= 0.6 is 11.6 Å². The first-order valence-electron chi connectivity index (χ1n) is 10.1. The summed E-state index contributed by atoms with van der Waals surface area (Å²) in [6, 6.07) is 13.8. The van der Waals surface area contributed by atoms with Crippen molar-refractivity contribution in [1.82, 2.24) is 10.6 Å². The third-order valence-electron chi connectivity index (χ3n) is 4.00. The number of anilines is 1. The molecular weight excluding hydrogens is 434 g/mol. The van der Waals surface area contributed by atoms with Crippen LogP contribution in [-0.2, 0) is 20.9 Å². The molecule has 0 aliphatic carbocycles. The van der Waals surface area contributed by atoms with E-state index in [0.29, 0.717) is 16.5 Å². The molecule has 1 atom stereocenters. The standard InChI is InChI=1S/C23H28ClN3O5/c1-15(31-19-11-7-17(24)8-12-19)21(29)27-18-9-5-16(6-10-18)13-25-20(28)14-26-22(30)32-23(2,3)4/h5-12,15H,13-14H2,1-4H3,(H,25,28)(H,26,30)(H,27,29). The van der Waals surface area contributed by atoms with Gasteiger partial charge in [0.05, 0.1) is 0 Å². The lowest BCUT2D eigenvalue weighted by Gasteiger charge is -2.19. The van der Waals surface area contributed by atoms with Crippen molar-refractivity contribution in [3.05, 3.63) is 59.1 Å². The average Bonchev–Trinajstić information content (AvgIpc) is 2.72. The summed E-state index contributed by atoms with van der Waals surface area (Å²) in [6.07, 6.45) is -1.35. The van der Waals surface area contributed by atoms with Crippen LogP contribution in [0.2, 0.25) is 5.02 Å². The maximum absolute atomic E-state index is 12.3. The molecular formula is C23H28ClN3O5. The van der Waals surface area contributed by atoms with Gasteiger partial charge in [-0.2, -0.15) is 0 Å². The van der Waals surface area contributed by atoms with Crippen LogP contribution in [-0.4, -0.2) is 36.2 Å². The molecule has 0 radical (unpaired) electrons. The predicted octanol–water partition coefficient (Wildman–Crippen LogP) is 3.89. The van der Waals surface area contributed by atoms with Gasteiger partial charge < -0.3 is 25.4 Å². The van der Waals surface area contributed by atoms with Crippen LogP contribution in [0.3, 0.4) is 0 Å². The van der Waals surface area contributed by atoms with E-state index < -0.39 is 17.8 Å². The first-order chi connectivity index (χ1) is 15.0. The van der Waals surface area contributed by atoms with E-state index in [2.05, 4.69) is 16.0 Å². The zero-order valence-electron chi connectivity index (χ0n) is 18.5. The highest BCUT2D eigenvalue weighted by Gasteiger charge is 2.17. The van der Waals surface area contributed by atoms with Crippen LogP contribution in [0.15, 0.2) is 48.5 Å². The summed E-state index contributed by atoms with van der Waals surface area (Å²) in [5.74, 6) is -0.0973. The molecule has 0 saturated carbocycles. The maximum atomic E-state index is 12.3. The fraction of sp³-hybridized carbons (Fsp3) is 0.348. The minimum Gasteiger partial charge on any atom is -0.481 e. The first-order valence-corrected chi connectivity index (χ1v) is 10.5.